The highest BCUT2D eigenvalue weighted by molar-refractivity contribution is 7.99. The maximum absolute atomic E-state index is 11.9. The van der Waals surface area contributed by atoms with E-state index in [9.17, 15) is 19.7 Å². The van der Waals surface area contributed by atoms with E-state index in [2.05, 4.69) is 20.8 Å². The summed E-state index contributed by atoms with van der Waals surface area (Å²) in [4.78, 5) is 41.7. The van der Waals surface area contributed by atoms with Gasteiger partial charge in [-0.2, -0.15) is 0 Å². The highest BCUT2D eigenvalue weighted by Crippen LogP contribution is 2.14. The van der Waals surface area contributed by atoms with Crippen LogP contribution in [0.15, 0.2) is 35.5 Å². The molecule has 0 aliphatic rings. The molecule has 0 fully saturated rings. The molecule has 11 heteroatoms. The molecule has 10 nitrogen and oxygen atoms in total. The third-order valence-corrected chi connectivity index (χ3v) is 3.69. The molecule has 0 saturated carbocycles. The van der Waals surface area contributed by atoms with Crippen molar-refractivity contribution in [1.82, 2.24) is 20.8 Å². The number of nitrogens with zero attached hydrogens (tertiary/aromatic N) is 3. The predicted octanol–water partition coefficient (Wildman–Crippen LogP) is 0.829. The van der Waals surface area contributed by atoms with Gasteiger partial charge in [-0.25, -0.2) is 9.97 Å². The third kappa shape index (κ3) is 5.42. The number of hydrazine groups is 1. The van der Waals surface area contributed by atoms with Crippen molar-refractivity contribution in [2.24, 2.45) is 0 Å². The van der Waals surface area contributed by atoms with Crippen molar-refractivity contribution in [1.29, 1.82) is 0 Å². The number of aromatic nitrogens is 2. The maximum atomic E-state index is 11.9. The Hall–Kier alpha value is -3.21. The summed E-state index contributed by atoms with van der Waals surface area (Å²) in [7, 11) is 0. The fraction of sp³-hybridized carbons (Fsp3) is 0.143. The summed E-state index contributed by atoms with van der Waals surface area (Å²) in [5, 5.41) is 10.9. The third-order valence-electron chi connectivity index (χ3n) is 2.84. The van der Waals surface area contributed by atoms with Gasteiger partial charge >= 0.3 is 0 Å². The second kappa shape index (κ2) is 8.06. The molecule has 0 aliphatic heterocycles. The number of hydrogen-bond donors (Lipinski definition) is 3. The Morgan fingerprint density at radius 1 is 1.24 bits per heavy atom. The number of nitro benzene ring substituents is 1. The van der Waals surface area contributed by atoms with Crippen LogP contribution in [-0.2, 0) is 4.79 Å². The average molecular weight is 362 g/mol. The van der Waals surface area contributed by atoms with E-state index < -0.39 is 16.7 Å². The highest BCUT2D eigenvalue weighted by Gasteiger charge is 2.11. The molecule has 0 spiro atoms. The summed E-state index contributed by atoms with van der Waals surface area (Å²) >= 11 is 1.07. The number of thioether (sulfide) groups is 1. The number of nitrogens with one attached hydrogen (secondary N) is 2. The van der Waals surface area contributed by atoms with E-state index in [1.165, 1.54) is 24.3 Å². The van der Waals surface area contributed by atoms with E-state index in [1.54, 1.807) is 13.0 Å². The molecule has 2 aromatic rings. The van der Waals surface area contributed by atoms with E-state index in [0.717, 1.165) is 11.8 Å². The Bertz CT molecular complexity index is 791. The summed E-state index contributed by atoms with van der Waals surface area (Å²) in [5.74, 6) is -0.779. The number of nitro groups is 1. The molecule has 0 aliphatic carbocycles. The van der Waals surface area contributed by atoms with Crippen molar-refractivity contribution < 1.29 is 14.5 Å². The van der Waals surface area contributed by atoms with Crippen LogP contribution in [0, 0.1) is 17.0 Å². The first-order valence-corrected chi connectivity index (χ1v) is 7.91. The predicted molar refractivity (Wildman–Crippen MR) is 90.6 cm³/mol. The number of non-ortho nitro benzene ring substituents is 1. The van der Waals surface area contributed by atoms with Crippen molar-refractivity contribution in [2.45, 2.75) is 12.1 Å². The Kier molecular flexibility index (Phi) is 5.84. The molecule has 0 atom stereocenters. The van der Waals surface area contributed by atoms with Crippen LogP contribution in [0.3, 0.4) is 0 Å². The zero-order valence-corrected chi connectivity index (χ0v) is 13.9. The van der Waals surface area contributed by atoms with Crippen molar-refractivity contribution in [3.8, 4) is 0 Å². The van der Waals surface area contributed by atoms with E-state index in [4.69, 9.17) is 5.73 Å². The minimum atomic E-state index is -0.593. The van der Waals surface area contributed by atoms with Crippen LogP contribution in [0.2, 0.25) is 0 Å². The van der Waals surface area contributed by atoms with Gasteiger partial charge in [0, 0.05) is 29.5 Å². The molecule has 0 radical (unpaired) electrons. The zero-order valence-electron chi connectivity index (χ0n) is 13.1. The molecule has 25 heavy (non-hydrogen) atoms. The lowest BCUT2D eigenvalue weighted by atomic mass is 10.2. The fourth-order valence-electron chi connectivity index (χ4n) is 1.73. The van der Waals surface area contributed by atoms with E-state index >= 15 is 0 Å². The van der Waals surface area contributed by atoms with Crippen molar-refractivity contribution in [2.75, 3.05) is 11.5 Å². The van der Waals surface area contributed by atoms with Crippen molar-refractivity contribution in [3.63, 3.8) is 0 Å². The first-order valence-electron chi connectivity index (χ1n) is 6.93. The highest BCUT2D eigenvalue weighted by atomic mass is 32.2. The number of benzene rings is 1. The van der Waals surface area contributed by atoms with E-state index in [0.29, 0.717) is 16.7 Å². The van der Waals surface area contributed by atoms with Crippen LogP contribution in [0.25, 0.3) is 0 Å². The summed E-state index contributed by atoms with van der Waals surface area (Å²) in [6.45, 7) is 1.76. The van der Waals surface area contributed by atoms with Gasteiger partial charge in [0.1, 0.15) is 5.82 Å². The molecular formula is C14H14N6O4S. The Labute approximate surface area is 146 Å². The molecule has 1 heterocycles. The number of carbonyl (C=O) groups excluding carboxylic acids is 2. The van der Waals surface area contributed by atoms with Gasteiger partial charge in [-0.15, -0.1) is 0 Å². The Morgan fingerprint density at radius 3 is 2.52 bits per heavy atom. The molecule has 1 aromatic heterocycles. The quantitative estimate of drug-likeness (QED) is 0.306. The van der Waals surface area contributed by atoms with Crippen LogP contribution in [-0.4, -0.2) is 32.5 Å². The van der Waals surface area contributed by atoms with Crippen molar-refractivity contribution >= 4 is 35.1 Å². The maximum Gasteiger partial charge on any atom is 0.269 e. The largest absolute Gasteiger partial charge is 0.384 e. The number of nitrogen functional groups attached to an aromatic ring is 1. The molecule has 0 bridgehead atoms. The lowest BCUT2D eigenvalue weighted by Gasteiger charge is -2.07. The van der Waals surface area contributed by atoms with Crippen LogP contribution in [0.5, 0.6) is 0 Å². The SMILES string of the molecule is Cc1cc(N)nc(SCC(=O)NNC(=O)c2ccc([N+](=O)[O-])cc2)n1. The van der Waals surface area contributed by atoms with Crippen LogP contribution >= 0.6 is 11.8 Å². The van der Waals surface area contributed by atoms with Gasteiger partial charge in [-0.1, -0.05) is 11.8 Å². The van der Waals surface area contributed by atoms with E-state index in [-0.39, 0.29) is 17.0 Å². The topological polar surface area (TPSA) is 153 Å². The summed E-state index contributed by atoms with van der Waals surface area (Å²) in [5.41, 5.74) is 10.8. The minimum Gasteiger partial charge on any atom is -0.384 e. The van der Waals surface area contributed by atoms with Gasteiger partial charge in [0.05, 0.1) is 10.7 Å². The second-order valence-electron chi connectivity index (χ2n) is 4.81. The lowest BCUT2D eigenvalue weighted by Crippen LogP contribution is -2.42. The molecule has 1 aromatic carbocycles. The smallest absolute Gasteiger partial charge is 0.269 e. The number of aryl methyl sites for hydroxylation is 1. The molecule has 2 amide bonds. The minimum absolute atomic E-state index is 0.0244. The number of rotatable bonds is 5. The van der Waals surface area contributed by atoms with Gasteiger partial charge in [0.25, 0.3) is 11.6 Å². The van der Waals surface area contributed by atoms with Gasteiger partial charge in [0.2, 0.25) is 5.91 Å². The number of anilines is 1. The van der Waals surface area contributed by atoms with Gasteiger partial charge < -0.3 is 5.73 Å². The molecule has 0 saturated heterocycles. The van der Waals surface area contributed by atoms with Crippen LogP contribution in [0.1, 0.15) is 16.1 Å². The average Bonchev–Trinajstić information content (AvgIpc) is 2.57. The number of hydrogen-bond acceptors (Lipinski definition) is 8. The molecule has 0 unspecified atom stereocenters. The van der Waals surface area contributed by atoms with E-state index in [1.807, 2.05) is 0 Å². The zero-order chi connectivity index (χ0) is 18.4. The molecular weight excluding hydrogens is 348 g/mol. The molecule has 4 N–H and O–H groups in total. The normalized spacial score (nSPS) is 10.1. The first kappa shape index (κ1) is 18.1. The molecule has 2 rings (SSSR count). The number of nitrogens with two attached hydrogens (primary N) is 1. The monoisotopic (exact) mass is 362 g/mol. The van der Waals surface area contributed by atoms with Gasteiger partial charge in [0.15, 0.2) is 5.16 Å². The number of amides is 2. The van der Waals surface area contributed by atoms with Crippen LogP contribution in [0.4, 0.5) is 11.5 Å². The second-order valence-corrected chi connectivity index (χ2v) is 5.75. The Morgan fingerprint density at radius 2 is 1.92 bits per heavy atom. The van der Waals surface area contributed by atoms with Gasteiger partial charge in [-0.05, 0) is 19.1 Å². The van der Waals surface area contributed by atoms with Gasteiger partial charge in [-0.3, -0.25) is 30.6 Å². The summed E-state index contributed by atoms with van der Waals surface area (Å²) < 4.78 is 0. The van der Waals surface area contributed by atoms with Crippen LogP contribution < -0.4 is 16.6 Å². The summed E-state index contributed by atoms with van der Waals surface area (Å²) in [6.07, 6.45) is 0. The lowest BCUT2D eigenvalue weighted by molar-refractivity contribution is -0.384. The standard InChI is InChI=1S/C14H14N6O4S/c1-8-6-11(15)17-14(16-8)25-7-12(21)18-19-13(22)9-2-4-10(5-3-9)20(23)24/h2-6H,7H2,1H3,(H,18,21)(H,19,22)(H2,15,16,17). The summed E-state index contributed by atoms with van der Waals surface area (Å²) in [6, 6.07) is 6.59. The molecule has 130 valence electrons. The first-order chi connectivity index (χ1) is 11.8. The Balaban J connectivity index is 1.82. The fourth-order valence-corrected chi connectivity index (χ4v) is 2.44. The van der Waals surface area contributed by atoms with Crippen molar-refractivity contribution in [3.05, 3.63) is 51.7 Å². The number of carbonyl (C=O) groups is 2.